The molecule has 0 amide bonds. The van der Waals surface area contributed by atoms with Crippen molar-refractivity contribution in [3.8, 4) is 5.75 Å². The number of nitrogens with two attached hydrogens (primary N) is 1. The molecule has 7 nitrogen and oxygen atoms in total. The summed E-state index contributed by atoms with van der Waals surface area (Å²) in [5, 5.41) is 0.0547. The van der Waals surface area contributed by atoms with E-state index in [2.05, 4.69) is 0 Å². The predicted molar refractivity (Wildman–Crippen MR) is 122 cm³/mol. The van der Waals surface area contributed by atoms with Crippen molar-refractivity contribution < 1.29 is 23.0 Å². The molecule has 2 fully saturated rings. The molecule has 0 atom stereocenters. The first-order chi connectivity index (χ1) is 15.8. The van der Waals surface area contributed by atoms with Crippen LogP contribution in [0.4, 0.5) is 14.5 Å². The van der Waals surface area contributed by atoms with Crippen molar-refractivity contribution in [3.05, 3.63) is 45.3 Å². The molecule has 1 aromatic heterocycles. The molecule has 33 heavy (non-hydrogen) atoms. The molecule has 2 heterocycles. The van der Waals surface area contributed by atoms with E-state index in [0.717, 1.165) is 18.9 Å². The maximum atomic E-state index is 15.5. The number of methoxy groups -OCH3 is 1. The van der Waals surface area contributed by atoms with Crippen LogP contribution in [0.3, 0.4) is 0 Å². The molecule has 9 heteroatoms. The second-order valence-electron chi connectivity index (χ2n) is 8.84. The van der Waals surface area contributed by atoms with Crippen molar-refractivity contribution >= 4 is 22.6 Å². The zero-order chi connectivity index (χ0) is 23.9. The number of halogens is 2. The zero-order valence-corrected chi connectivity index (χ0v) is 19.1. The first-order valence-corrected chi connectivity index (χ1v) is 11.2. The number of ether oxygens (including phenoxy) is 2. The normalized spacial score (nSPS) is 18.1. The summed E-state index contributed by atoms with van der Waals surface area (Å²) in [6.45, 7) is 3.89. The minimum atomic E-state index is -0.738. The van der Waals surface area contributed by atoms with Crippen LogP contribution in [0.5, 0.6) is 5.75 Å². The number of hydrogen-bond acceptors (Lipinski definition) is 6. The van der Waals surface area contributed by atoms with E-state index < -0.39 is 23.3 Å². The van der Waals surface area contributed by atoms with E-state index in [1.807, 2.05) is 4.57 Å². The molecule has 2 aromatic rings. The third-order valence-electron chi connectivity index (χ3n) is 6.07. The number of rotatable bonds is 6. The molecule has 1 aliphatic carbocycles. The summed E-state index contributed by atoms with van der Waals surface area (Å²) in [6.07, 6.45) is 4.03. The number of esters is 1. The van der Waals surface area contributed by atoms with Crippen LogP contribution in [0.1, 0.15) is 55.9 Å². The average Bonchev–Trinajstić information content (AvgIpc) is 3.63. The largest absolute Gasteiger partial charge is 0.492 e. The van der Waals surface area contributed by atoms with Crippen LogP contribution in [0.25, 0.3) is 10.9 Å². The van der Waals surface area contributed by atoms with Crippen molar-refractivity contribution in [1.29, 1.82) is 0 Å². The van der Waals surface area contributed by atoms with Gasteiger partial charge in [-0.15, -0.1) is 0 Å². The first-order valence-electron chi connectivity index (χ1n) is 11.2. The lowest BCUT2D eigenvalue weighted by Gasteiger charge is -2.33. The SMILES string of the molecule is COc1c(N2CCC/C(=C(\F)CN)C2)c(F)cc2c(=O)c(C(=O)OC(C)C)cn(C3CC3)c12. The quantitative estimate of drug-likeness (QED) is 0.658. The number of fused-ring (bicyclic) bond motifs is 1. The summed E-state index contributed by atoms with van der Waals surface area (Å²) in [4.78, 5) is 27.5. The van der Waals surface area contributed by atoms with Gasteiger partial charge in [0, 0.05) is 31.9 Å². The lowest BCUT2D eigenvalue weighted by Crippen LogP contribution is -2.33. The van der Waals surface area contributed by atoms with Crippen LogP contribution in [0, 0.1) is 5.82 Å². The lowest BCUT2D eigenvalue weighted by molar-refractivity contribution is 0.0375. The van der Waals surface area contributed by atoms with Gasteiger partial charge in [0.15, 0.2) is 11.6 Å². The second-order valence-corrected chi connectivity index (χ2v) is 8.84. The average molecular weight is 462 g/mol. The van der Waals surface area contributed by atoms with E-state index in [-0.39, 0.29) is 47.3 Å². The Hall–Kier alpha value is -2.94. The molecule has 1 aliphatic heterocycles. The smallest absolute Gasteiger partial charge is 0.343 e. The molecule has 0 radical (unpaired) electrons. The third kappa shape index (κ3) is 4.34. The molecule has 1 saturated carbocycles. The van der Waals surface area contributed by atoms with Crippen LogP contribution >= 0.6 is 0 Å². The van der Waals surface area contributed by atoms with E-state index in [0.29, 0.717) is 30.5 Å². The Bertz CT molecular complexity index is 1180. The second kappa shape index (κ2) is 9.13. The van der Waals surface area contributed by atoms with Gasteiger partial charge in [-0.2, -0.15) is 0 Å². The van der Waals surface area contributed by atoms with Crippen molar-refractivity contribution in [1.82, 2.24) is 4.57 Å². The number of pyridine rings is 1. The fourth-order valence-corrected chi connectivity index (χ4v) is 4.42. The molecule has 2 N–H and O–H groups in total. The van der Waals surface area contributed by atoms with E-state index >= 15 is 4.39 Å². The Kier molecular flexibility index (Phi) is 6.43. The predicted octanol–water partition coefficient (Wildman–Crippen LogP) is 3.83. The van der Waals surface area contributed by atoms with E-state index in [9.17, 15) is 14.0 Å². The number of nitrogens with zero attached hydrogens (tertiary/aromatic N) is 2. The molecule has 0 spiro atoms. The van der Waals surface area contributed by atoms with Gasteiger partial charge < -0.3 is 24.7 Å². The van der Waals surface area contributed by atoms with Crippen molar-refractivity contribution in [2.45, 2.75) is 51.7 Å². The van der Waals surface area contributed by atoms with Gasteiger partial charge in [0.05, 0.1) is 24.1 Å². The molecule has 0 bridgehead atoms. The summed E-state index contributed by atoms with van der Waals surface area (Å²) in [5.41, 5.74) is 5.87. The number of anilines is 1. The first kappa shape index (κ1) is 23.2. The summed E-state index contributed by atoms with van der Waals surface area (Å²) >= 11 is 0. The van der Waals surface area contributed by atoms with Gasteiger partial charge in [-0.05, 0) is 51.2 Å². The maximum absolute atomic E-state index is 15.5. The van der Waals surface area contributed by atoms with Gasteiger partial charge in [0.25, 0.3) is 0 Å². The molecule has 2 aliphatic rings. The van der Waals surface area contributed by atoms with E-state index in [4.69, 9.17) is 15.2 Å². The Morgan fingerprint density at radius 1 is 1.33 bits per heavy atom. The number of piperidine rings is 1. The molecule has 1 saturated heterocycles. The molecule has 4 rings (SSSR count). The number of aromatic nitrogens is 1. The van der Waals surface area contributed by atoms with Crippen LogP contribution in [-0.2, 0) is 4.74 Å². The van der Waals surface area contributed by atoms with Gasteiger partial charge in [-0.1, -0.05) is 0 Å². The summed E-state index contributed by atoms with van der Waals surface area (Å²) in [6, 6.07) is 1.22. The maximum Gasteiger partial charge on any atom is 0.343 e. The fraction of sp³-hybridized carbons (Fsp3) is 0.500. The molecule has 178 valence electrons. The number of carbonyl (C=O) groups is 1. The third-order valence-corrected chi connectivity index (χ3v) is 6.07. The van der Waals surface area contributed by atoms with Crippen LogP contribution in [-0.4, -0.2) is 43.4 Å². The highest BCUT2D eigenvalue weighted by Gasteiger charge is 2.32. The van der Waals surface area contributed by atoms with Gasteiger partial charge in [0.1, 0.15) is 17.1 Å². The Morgan fingerprint density at radius 3 is 2.67 bits per heavy atom. The van der Waals surface area contributed by atoms with Gasteiger partial charge >= 0.3 is 5.97 Å². The minimum absolute atomic E-state index is 0.0547. The van der Waals surface area contributed by atoms with Gasteiger partial charge in [0.2, 0.25) is 5.43 Å². The summed E-state index contributed by atoms with van der Waals surface area (Å²) in [7, 11) is 1.42. The summed E-state index contributed by atoms with van der Waals surface area (Å²) in [5.74, 6) is -1.59. The Balaban J connectivity index is 1.93. The lowest BCUT2D eigenvalue weighted by atomic mass is 10.0. The van der Waals surface area contributed by atoms with Gasteiger partial charge in [-0.3, -0.25) is 4.79 Å². The van der Waals surface area contributed by atoms with Crippen LogP contribution in [0.2, 0.25) is 0 Å². The van der Waals surface area contributed by atoms with Crippen molar-refractivity contribution in [3.63, 3.8) is 0 Å². The highest BCUT2D eigenvalue weighted by atomic mass is 19.1. The fourth-order valence-electron chi connectivity index (χ4n) is 4.42. The van der Waals surface area contributed by atoms with Crippen molar-refractivity contribution in [2.75, 3.05) is 31.6 Å². The number of carbonyl (C=O) groups excluding carboxylic acids is 1. The molecular weight excluding hydrogens is 432 g/mol. The zero-order valence-electron chi connectivity index (χ0n) is 19.1. The standard InChI is InChI=1S/C24H29F2N3O4/c1-13(2)33-24(31)17-12-29(15-6-7-15)20-16(22(17)30)9-18(25)21(23(20)32-3)28-8-4-5-14(11-28)19(26)10-27/h9,12-13,15H,4-8,10-11,27H2,1-3H3/b19-14+. The van der Waals surface area contributed by atoms with Crippen molar-refractivity contribution in [2.24, 2.45) is 5.73 Å². The number of benzene rings is 1. The topological polar surface area (TPSA) is 86.8 Å². The number of hydrogen-bond donors (Lipinski definition) is 1. The van der Waals surface area contributed by atoms with Crippen LogP contribution < -0.4 is 20.8 Å². The summed E-state index contributed by atoms with van der Waals surface area (Å²) < 4.78 is 42.4. The molecule has 1 aromatic carbocycles. The molecule has 0 unspecified atom stereocenters. The van der Waals surface area contributed by atoms with Crippen LogP contribution in [0.15, 0.2) is 28.5 Å². The Labute approximate surface area is 190 Å². The Morgan fingerprint density at radius 2 is 2.06 bits per heavy atom. The molecular formula is C24H29F2N3O4. The van der Waals surface area contributed by atoms with E-state index in [1.165, 1.54) is 13.3 Å². The minimum Gasteiger partial charge on any atom is -0.492 e. The monoisotopic (exact) mass is 461 g/mol. The van der Waals surface area contributed by atoms with E-state index in [1.54, 1.807) is 18.7 Å². The highest BCUT2D eigenvalue weighted by Crippen LogP contribution is 2.44. The van der Waals surface area contributed by atoms with Gasteiger partial charge in [-0.25, -0.2) is 13.6 Å². The highest BCUT2D eigenvalue weighted by molar-refractivity contribution is 5.97.